The van der Waals surface area contributed by atoms with Crippen LogP contribution in [0, 0.1) is 5.92 Å². The number of rotatable bonds is 4. The third-order valence-corrected chi connectivity index (χ3v) is 3.87. The predicted octanol–water partition coefficient (Wildman–Crippen LogP) is 2.46. The van der Waals surface area contributed by atoms with Gasteiger partial charge in [-0.15, -0.1) is 0 Å². The summed E-state index contributed by atoms with van der Waals surface area (Å²) in [4.78, 5) is 0. The summed E-state index contributed by atoms with van der Waals surface area (Å²) in [5.74, 6) is 0.884. The highest BCUT2D eigenvalue weighted by Gasteiger charge is 2.38. The Bertz CT molecular complexity index is 189. The van der Waals surface area contributed by atoms with Gasteiger partial charge < -0.3 is 10.5 Å². The molecular weight excluding hydrogens is 174 g/mol. The maximum absolute atomic E-state index is 6.10. The highest BCUT2D eigenvalue weighted by atomic mass is 16.5. The van der Waals surface area contributed by atoms with Crippen molar-refractivity contribution in [3.05, 3.63) is 0 Å². The largest absolute Gasteiger partial charge is 0.378 e. The fourth-order valence-corrected chi connectivity index (χ4v) is 2.41. The fraction of sp³-hybridized carbons (Fsp3) is 1.00. The smallest absolute Gasteiger partial charge is 0.0575 e. The molecule has 2 aliphatic rings. The lowest BCUT2D eigenvalue weighted by molar-refractivity contribution is -0.0128. The van der Waals surface area contributed by atoms with Crippen LogP contribution in [0.1, 0.15) is 51.9 Å². The molecule has 2 nitrogen and oxygen atoms in total. The van der Waals surface area contributed by atoms with Crippen LogP contribution in [-0.4, -0.2) is 18.2 Å². The van der Waals surface area contributed by atoms with Crippen molar-refractivity contribution in [3.63, 3.8) is 0 Å². The van der Waals surface area contributed by atoms with Gasteiger partial charge in [-0.05, 0) is 50.9 Å². The van der Waals surface area contributed by atoms with Gasteiger partial charge in [-0.3, -0.25) is 0 Å². The molecule has 0 aromatic rings. The molecule has 2 rings (SSSR count). The Morgan fingerprint density at radius 3 is 2.86 bits per heavy atom. The number of hydrogen-bond donors (Lipinski definition) is 1. The van der Waals surface area contributed by atoms with Gasteiger partial charge in [0.25, 0.3) is 0 Å². The average Bonchev–Trinajstić information content (AvgIpc) is 2.95. The fourth-order valence-electron chi connectivity index (χ4n) is 2.41. The Hall–Kier alpha value is -0.0800. The zero-order valence-corrected chi connectivity index (χ0v) is 9.30. The Morgan fingerprint density at radius 1 is 1.43 bits per heavy atom. The maximum Gasteiger partial charge on any atom is 0.0575 e. The Balaban J connectivity index is 1.69. The van der Waals surface area contributed by atoms with Crippen LogP contribution in [-0.2, 0) is 4.74 Å². The molecule has 1 saturated heterocycles. The second-order valence-electron chi connectivity index (χ2n) is 5.19. The third-order valence-electron chi connectivity index (χ3n) is 3.87. The van der Waals surface area contributed by atoms with Gasteiger partial charge in [0.05, 0.1) is 6.10 Å². The van der Waals surface area contributed by atoms with Gasteiger partial charge in [-0.2, -0.15) is 0 Å². The van der Waals surface area contributed by atoms with Gasteiger partial charge in [-0.25, -0.2) is 0 Å². The van der Waals surface area contributed by atoms with Crippen molar-refractivity contribution in [2.45, 2.75) is 63.5 Å². The Labute approximate surface area is 87.2 Å². The van der Waals surface area contributed by atoms with E-state index in [1.807, 2.05) is 0 Å². The molecule has 14 heavy (non-hydrogen) atoms. The van der Waals surface area contributed by atoms with Crippen LogP contribution in [0.5, 0.6) is 0 Å². The summed E-state index contributed by atoms with van der Waals surface area (Å²) in [7, 11) is 0. The van der Waals surface area contributed by atoms with E-state index in [0.717, 1.165) is 12.5 Å². The van der Waals surface area contributed by atoms with Crippen LogP contribution in [0.2, 0.25) is 0 Å². The molecule has 1 saturated carbocycles. The van der Waals surface area contributed by atoms with Gasteiger partial charge in [0, 0.05) is 12.1 Å². The van der Waals surface area contributed by atoms with Gasteiger partial charge in [0.2, 0.25) is 0 Å². The summed E-state index contributed by atoms with van der Waals surface area (Å²) in [5.41, 5.74) is 6.35. The minimum atomic E-state index is 0.250. The molecule has 82 valence electrons. The van der Waals surface area contributed by atoms with Crippen molar-refractivity contribution < 1.29 is 4.74 Å². The van der Waals surface area contributed by atoms with Gasteiger partial charge in [0.1, 0.15) is 0 Å². The standard InChI is InChI=1S/C12H23NO/c1-2-11-9-10(4-8-14-11)3-5-12(13)6-7-12/h10-11H,2-9,13H2,1H3. The molecule has 1 heterocycles. The first-order chi connectivity index (χ1) is 6.72. The first kappa shape index (κ1) is 10.4. The highest BCUT2D eigenvalue weighted by molar-refractivity contribution is 4.98. The molecule has 0 aromatic heterocycles. The lowest BCUT2D eigenvalue weighted by Gasteiger charge is -2.29. The average molecular weight is 197 g/mol. The lowest BCUT2D eigenvalue weighted by atomic mass is 9.88. The van der Waals surface area contributed by atoms with E-state index < -0.39 is 0 Å². The highest BCUT2D eigenvalue weighted by Crippen LogP contribution is 2.39. The van der Waals surface area contributed by atoms with Gasteiger partial charge in [-0.1, -0.05) is 6.92 Å². The molecule has 1 aliphatic carbocycles. The molecule has 1 aliphatic heterocycles. The van der Waals surface area contributed by atoms with Gasteiger partial charge in [0.15, 0.2) is 0 Å². The lowest BCUT2D eigenvalue weighted by Crippen LogP contribution is -2.28. The molecule has 0 aromatic carbocycles. The summed E-state index contributed by atoms with van der Waals surface area (Å²) in [5, 5.41) is 0. The van der Waals surface area contributed by atoms with Crippen molar-refractivity contribution in [1.82, 2.24) is 0 Å². The Kier molecular flexibility index (Phi) is 3.13. The third kappa shape index (κ3) is 2.71. The summed E-state index contributed by atoms with van der Waals surface area (Å²) in [6.45, 7) is 3.19. The number of nitrogens with two attached hydrogens (primary N) is 1. The van der Waals surface area contributed by atoms with E-state index in [0.29, 0.717) is 6.10 Å². The van der Waals surface area contributed by atoms with Crippen LogP contribution in [0.25, 0.3) is 0 Å². The second kappa shape index (κ2) is 4.19. The van der Waals surface area contributed by atoms with Crippen LogP contribution in [0.15, 0.2) is 0 Å². The Morgan fingerprint density at radius 2 is 2.21 bits per heavy atom. The monoisotopic (exact) mass is 197 g/mol. The molecule has 2 fully saturated rings. The minimum Gasteiger partial charge on any atom is -0.378 e. The SMILES string of the molecule is CCC1CC(CCC2(N)CC2)CCO1. The van der Waals surface area contributed by atoms with Crippen LogP contribution in [0.3, 0.4) is 0 Å². The van der Waals surface area contributed by atoms with E-state index in [-0.39, 0.29) is 5.54 Å². The molecule has 2 heteroatoms. The molecule has 2 N–H and O–H groups in total. The second-order valence-corrected chi connectivity index (χ2v) is 5.19. The summed E-state index contributed by atoms with van der Waals surface area (Å²) < 4.78 is 5.67. The normalized spacial score (nSPS) is 35.6. The van der Waals surface area contributed by atoms with Crippen molar-refractivity contribution in [1.29, 1.82) is 0 Å². The number of ether oxygens (including phenoxy) is 1. The first-order valence-corrected chi connectivity index (χ1v) is 6.12. The van der Waals surface area contributed by atoms with Gasteiger partial charge >= 0.3 is 0 Å². The maximum atomic E-state index is 6.10. The molecule has 2 atom stereocenters. The summed E-state index contributed by atoms with van der Waals surface area (Å²) in [6.07, 6.45) is 9.32. The quantitative estimate of drug-likeness (QED) is 0.751. The van der Waals surface area contributed by atoms with Crippen molar-refractivity contribution in [2.24, 2.45) is 11.7 Å². The zero-order valence-electron chi connectivity index (χ0n) is 9.30. The molecule has 0 amide bonds. The first-order valence-electron chi connectivity index (χ1n) is 6.12. The molecule has 0 radical (unpaired) electrons. The van der Waals surface area contributed by atoms with E-state index in [2.05, 4.69) is 6.92 Å². The molecular formula is C12H23NO. The zero-order chi connectivity index (χ0) is 10.0. The van der Waals surface area contributed by atoms with Crippen molar-refractivity contribution >= 4 is 0 Å². The van der Waals surface area contributed by atoms with Crippen molar-refractivity contribution in [2.75, 3.05) is 6.61 Å². The molecule has 0 spiro atoms. The van der Waals surface area contributed by atoms with Crippen LogP contribution in [0.4, 0.5) is 0 Å². The predicted molar refractivity (Wildman–Crippen MR) is 58.1 cm³/mol. The van der Waals surface area contributed by atoms with E-state index in [4.69, 9.17) is 10.5 Å². The van der Waals surface area contributed by atoms with E-state index in [1.165, 1.54) is 44.9 Å². The molecule has 2 unspecified atom stereocenters. The van der Waals surface area contributed by atoms with E-state index in [9.17, 15) is 0 Å². The topological polar surface area (TPSA) is 35.2 Å². The van der Waals surface area contributed by atoms with E-state index >= 15 is 0 Å². The van der Waals surface area contributed by atoms with Crippen molar-refractivity contribution in [3.8, 4) is 0 Å². The number of hydrogen-bond acceptors (Lipinski definition) is 2. The van der Waals surface area contributed by atoms with Crippen LogP contribution >= 0.6 is 0 Å². The summed E-state index contributed by atoms with van der Waals surface area (Å²) in [6, 6.07) is 0. The van der Waals surface area contributed by atoms with Crippen LogP contribution < -0.4 is 5.73 Å². The minimum absolute atomic E-state index is 0.250. The summed E-state index contributed by atoms with van der Waals surface area (Å²) >= 11 is 0. The van der Waals surface area contributed by atoms with E-state index in [1.54, 1.807) is 0 Å². The molecule has 0 bridgehead atoms.